The molecule has 0 heterocycles. The van der Waals surface area contributed by atoms with Gasteiger partial charge in [-0.05, 0) is 69.8 Å². The Bertz CT molecular complexity index is 1430. The molecule has 0 radical (unpaired) electrons. The lowest BCUT2D eigenvalue weighted by atomic mass is 9.89. The molecule has 0 aliphatic rings. The SMILES string of the molecule is COc1ccccc1N[C@@H](C)c1ccc2ccccc2c1S(=O)c1c(C(C)C)cc(C(C)C)cc1C(C)C. The van der Waals surface area contributed by atoms with E-state index in [-0.39, 0.29) is 17.9 Å². The van der Waals surface area contributed by atoms with Crippen LogP contribution in [-0.4, -0.2) is 11.3 Å². The zero-order valence-corrected chi connectivity index (χ0v) is 24.8. The maximum atomic E-state index is 15.0. The monoisotopic (exact) mass is 527 g/mol. The van der Waals surface area contributed by atoms with E-state index in [1.54, 1.807) is 7.11 Å². The second kappa shape index (κ2) is 11.7. The van der Waals surface area contributed by atoms with Crippen LogP contribution in [0, 0.1) is 0 Å². The van der Waals surface area contributed by atoms with Crippen molar-refractivity contribution >= 4 is 27.3 Å². The minimum atomic E-state index is -1.38. The van der Waals surface area contributed by atoms with E-state index in [9.17, 15) is 4.21 Å². The molecule has 0 aromatic heterocycles. The fourth-order valence-corrected chi connectivity index (χ4v) is 7.15. The fourth-order valence-electron chi connectivity index (χ4n) is 5.09. The lowest BCUT2D eigenvalue weighted by molar-refractivity contribution is 0.416. The van der Waals surface area contributed by atoms with E-state index >= 15 is 0 Å². The number of rotatable bonds is 9. The number of hydrogen-bond acceptors (Lipinski definition) is 3. The van der Waals surface area contributed by atoms with E-state index in [2.05, 4.69) is 90.2 Å². The molecule has 2 atom stereocenters. The fraction of sp³-hybridized carbons (Fsp3) is 0.353. The second-order valence-electron chi connectivity index (χ2n) is 11.0. The predicted molar refractivity (Wildman–Crippen MR) is 162 cm³/mol. The van der Waals surface area contributed by atoms with Gasteiger partial charge < -0.3 is 10.1 Å². The quantitative estimate of drug-likeness (QED) is 0.235. The number of hydrogen-bond donors (Lipinski definition) is 1. The summed E-state index contributed by atoms with van der Waals surface area (Å²) in [5.41, 5.74) is 5.62. The van der Waals surface area contributed by atoms with Gasteiger partial charge in [-0.3, -0.25) is 0 Å². The molecule has 0 saturated heterocycles. The molecule has 4 aromatic carbocycles. The van der Waals surface area contributed by atoms with Crippen LogP contribution in [0.15, 0.2) is 82.6 Å². The molecule has 0 aliphatic carbocycles. The highest BCUT2D eigenvalue weighted by Crippen LogP contribution is 2.40. The van der Waals surface area contributed by atoms with Crippen molar-refractivity contribution < 1.29 is 8.95 Å². The average Bonchev–Trinajstić information content (AvgIpc) is 2.91. The number of benzene rings is 4. The Hall–Kier alpha value is -3.11. The molecule has 1 N–H and O–H groups in total. The van der Waals surface area contributed by atoms with E-state index < -0.39 is 10.8 Å². The Balaban J connectivity index is 1.96. The summed E-state index contributed by atoms with van der Waals surface area (Å²) in [5.74, 6) is 1.71. The van der Waals surface area contributed by atoms with Crippen LogP contribution in [0.25, 0.3) is 10.8 Å². The van der Waals surface area contributed by atoms with Crippen LogP contribution in [0.2, 0.25) is 0 Å². The highest BCUT2D eigenvalue weighted by atomic mass is 32.2. The van der Waals surface area contributed by atoms with Gasteiger partial charge in [-0.1, -0.05) is 102 Å². The summed E-state index contributed by atoms with van der Waals surface area (Å²) in [6, 6.07) is 25.0. The van der Waals surface area contributed by atoms with Crippen LogP contribution in [0.5, 0.6) is 5.75 Å². The Morgan fingerprint density at radius 1 is 0.684 bits per heavy atom. The van der Waals surface area contributed by atoms with Gasteiger partial charge in [0.25, 0.3) is 0 Å². The molecule has 4 heteroatoms. The summed E-state index contributed by atoms with van der Waals surface area (Å²) in [7, 11) is 0.308. The highest BCUT2D eigenvalue weighted by molar-refractivity contribution is 7.85. The van der Waals surface area contributed by atoms with Crippen molar-refractivity contribution in [3.8, 4) is 5.75 Å². The summed E-state index contributed by atoms with van der Waals surface area (Å²) < 4.78 is 20.5. The van der Waals surface area contributed by atoms with Crippen molar-refractivity contribution in [2.45, 2.75) is 82.1 Å². The van der Waals surface area contributed by atoms with Crippen LogP contribution in [0.1, 0.15) is 94.5 Å². The van der Waals surface area contributed by atoms with Crippen molar-refractivity contribution in [2.24, 2.45) is 0 Å². The van der Waals surface area contributed by atoms with Crippen molar-refractivity contribution in [3.05, 3.63) is 95.1 Å². The molecule has 0 spiro atoms. The largest absolute Gasteiger partial charge is 0.495 e. The molecule has 38 heavy (non-hydrogen) atoms. The molecule has 0 fully saturated rings. The van der Waals surface area contributed by atoms with Crippen LogP contribution in [-0.2, 0) is 10.8 Å². The van der Waals surface area contributed by atoms with E-state index in [0.717, 1.165) is 37.6 Å². The van der Waals surface area contributed by atoms with Crippen LogP contribution in [0.3, 0.4) is 0 Å². The normalized spacial score (nSPS) is 13.3. The molecule has 3 nitrogen and oxygen atoms in total. The Labute approximate surface area is 231 Å². The summed E-state index contributed by atoms with van der Waals surface area (Å²) in [5, 5.41) is 5.76. The van der Waals surface area contributed by atoms with Gasteiger partial charge >= 0.3 is 0 Å². The lowest BCUT2D eigenvalue weighted by Crippen LogP contribution is -2.14. The van der Waals surface area contributed by atoms with E-state index in [0.29, 0.717) is 5.92 Å². The van der Waals surface area contributed by atoms with Crippen LogP contribution >= 0.6 is 0 Å². The van der Waals surface area contributed by atoms with Gasteiger partial charge in [0.15, 0.2) is 0 Å². The smallest absolute Gasteiger partial charge is 0.141 e. The molecule has 4 rings (SSSR count). The first kappa shape index (κ1) is 27.9. The topological polar surface area (TPSA) is 38.3 Å². The minimum absolute atomic E-state index is 0.0882. The van der Waals surface area contributed by atoms with Crippen molar-refractivity contribution in [1.82, 2.24) is 0 Å². The first-order valence-corrected chi connectivity index (χ1v) is 14.8. The van der Waals surface area contributed by atoms with E-state index in [1.807, 2.05) is 36.4 Å². The first-order valence-electron chi connectivity index (χ1n) is 13.6. The summed E-state index contributed by atoms with van der Waals surface area (Å²) >= 11 is 0. The molecule has 0 aliphatic heterocycles. The van der Waals surface area contributed by atoms with Gasteiger partial charge in [-0.2, -0.15) is 0 Å². The third-order valence-electron chi connectivity index (χ3n) is 7.31. The third kappa shape index (κ3) is 5.51. The van der Waals surface area contributed by atoms with Crippen LogP contribution in [0.4, 0.5) is 5.69 Å². The van der Waals surface area contributed by atoms with Crippen molar-refractivity contribution in [1.29, 1.82) is 0 Å². The van der Waals surface area contributed by atoms with Gasteiger partial charge in [0.05, 0.1) is 33.4 Å². The predicted octanol–water partition coefficient (Wildman–Crippen LogP) is 9.56. The molecule has 0 saturated carbocycles. The number of ether oxygens (including phenoxy) is 1. The second-order valence-corrected chi connectivity index (χ2v) is 12.4. The maximum Gasteiger partial charge on any atom is 0.141 e. The molecule has 0 bridgehead atoms. The van der Waals surface area contributed by atoms with Gasteiger partial charge in [0.1, 0.15) is 5.75 Å². The Morgan fingerprint density at radius 3 is 1.89 bits per heavy atom. The van der Waals surface area contributed by atoms with Crippen LogP contribution < -0.4 is 10.1 Å². The summed E-state index contributed by atoms with van der Waals surface area (Å²) in [6.07, 6.45) is 0. The number of para-hydroxylation sites is 2. The molecular formula is C34H41NO2S. The minimum Gasteiger partial charge on any atom is -0.495 e. The van der Waals surface area contributed by atoms with Gasteiger partial charge in [-0.15, -0.1) is 0 Å². The highest BCUT2D eigenvalue weighted by Gasteiger charge is 2.27. The molecule has 0 amide bonds. The number of nitrogens with one attached hydrogen (secondary N) is 1. The maximum absolute atomic E-state index is 15.0. The van der Waals surface area contributed by atoms with E-state index in [4.69, 9.17) is 4.74 Å². The molecule has 1 unspecified atom stereocenters. The zero-order chi connectivity index (χ0) is 27.6. The van der Waals surface area contributed by atoms with Gasteiger partial charge in [0.2, 0.25) is 0 Å². The third-order valence-corrected chi connectivity index (χ3v) is 8.97. The number of anilines is 1. The van der Waals surface area contributed by atoms with Gasteiger partial charge in [0, 0.05) is 6.04 Å². The molecule has 200 valence electrons. The number of fused-ring (bicyclic) bond motifs is 1. The average molecular weight is 528 g/mol. The zero-order valence-electron chi connectivity index (χ0n) is 24.0. The Morgan fingerprint density at radius 2 is 1.29 bits per heavy atom. The Kier molecular flexibility index (Phi) is 8.62. The molecular weight excluding hydrogens is 486 g/mol. The van der Waals surface area contributed by atoms with Gasteiger partial charge in [-0.25, -0.2) is 4.21 Å². The number of methoxy groups -OCH3 is 1. The first-order chi connectivity index (χ1) is 18.1. The summed E-state index contributed by atoms with van der Waals surface area (Å²) in [4.78, 5) is 1.86. The van der Waals surface area contributed by atoms with Crippen molar-refractivity contribution in [3.63, 3.8) is 0 Å². The molecule has 4 aromatic rings. The van der Waals surface area contributed by atoms with E-state index in [1.165, 1.54) is 16.7 Å². The lowest BCUT2D eigenvalue weighted by Gasteiger charge is -2.25. The standard InChI is InChI=1S/C34H41NO2S/c1-21(2)26-19-29(22(3)4)34(30(20-26)23(5)6)38(36)33-27(18-17-25-13-9-10-14-28(25)33)24(7)35-31-15-11-12-16-32(31)37-8/h9-24,35H,1-8H3/t24-,38?/m0/s1. The van der Waals surface area contributed by atoms with Crippen molar-refractivity contribution in [2.75, 3.05) is 12.4 Å². The summed E-state index contributed by atoms with van der Waals surface area (Å²) in [6.45, 7) is 15.4.